The normalized spacial score (nSPS) is 11.7. The average Bonchev–Trinajstić information content (AvgIpc) is 2.53. The number of likely N-dealkylation sites (N-methyl/N-ethyl adjacent to an activating group) is 1. The van der Waals surface area contributed by atoms with Crippen molar-refractivity contribution in [2.75, 3.05) is 30.8 Å². The van der Waals surface area contributed by atoms with E-state index in [0.717, 1.165) is 21.7 Å². The van der Waals surface area contributed by atoms with E-state index in [4.69, 9.17) is 11.6 Å². The van der Waals surface area contributed by atoms with Gasteiger partial charge in [0.25, 0.3) is 11.8 Å². The van der Waals surface area contributed by atoms with Gasteiger partial charge in [0.15, 0.2) is 13.1 Å². The van der Waals surface area contributed by atoms with E-state index in [0.29, 0.717) is 10.7 Å². The summed E-state index contributed by atoms with van der Waals surface area (Å²) in [4.78, 5) is 25.1. The summed E-state index contributed by atoms with van der Waals surface area (Å²) in [7, 11) is 1.80. The van der Waals surface area contributed by atoms with Gasteiger partial charge in [-0.05, 0) is 37.1 Å². The number of para-hydroxylation sites is 2. The fourth-order valence-corrected chi connectivity index (χ4v) is 2.75. The van der Waals surface area contributed by atoms with E-state index in [-0.39, 0.29) is 24.9 Å². The van der Waals surface area contributed by atoms with Crippen LogP contribution in [0.2, 0.25) is 5.02 Å². The first-order valence-corrected chi connectivity index (χ1v) is 8.46. The van der Waals surface area contributed by atoms with Crippen molar-refractivity contribution in [1.29, 1.82) is 0 Å². The number of amides is 2. The van der Waals surface area contributed by atoms with Gasteiger partial charge in [-0.1, -0.05) is 41.9 Å². The van der Waals surface area contributed by atoms with Crippen molar-refractivity contribution in [2.45, 2.75) is 13.8 Å². The van der Waals surface area contributed by atoms with Gasteiger partial charge in [0.05, 0.1) is 17.8 Å². The van der Waals surface area contributed by atoms with E-state index in [1.165, 1.54) is 0 Å². The van der Waals surface area contributed by atoms with Crippen LogP contribution in [0, 0.1) is 13.8 Å². The molecular weight excluding hydrogens is 338 g/mol. The zero-order chi connectivity index (χ0) is 18.4. The van der Waals surface area contributed by atoms with Gasteiger partial charge in [0, 0.05) is 5.69 Å². The zero-order valence-electron chi connectivity index (χ0n) is 14.7. The van der Waals surface area contributed by atoms with Crippen molar-refractivity contribution in [2.24, 2.45) is 0 Å². The molecule has 0 bridgehead atoms. The minimum atomic E-state index is -0.189. The number of rotatable bonds is 6. The van der Waals surface area contributed by atoms with Gasteiger partial charge in [0.1, 0.15) is 0 Å². The summed E-state index contributed by atoms with van der Waals surface area (Å²) >= 11 is 6.02. The highest BCUT2D eigenvalue weighted by molar-refractivity contribution is 6.33. The minimum absolute atomic E-state index is 0.125. The first-order valence-electron chi connectivity index (χ1n) is 8.08. The topological polar surface area (TPSA) is 62.6 Å². The summed E-state index contributed by atoms with van der Waals surface area (Å²) < 4.78 is 0. The molecule has 2 aromatic carbocycles. The van der Waals surface area contributed by atoms with Gasteiger partial charge in [0.2, 0.25) is 0 Å². The Hall–Kier alpha value is -2.37. The molecular formula is C19H23ClN3O2+. The molecule has 1 unspecified atom stereocenters. The standard InChI is InChI=1S/C19H22ClN3O2/c1-13-7-6-8-14(2)19(13)22-18(25)12-23(3)11-17(24)21-16-10-5-4-9-15(16)20/h4-10H,11-12H2,1-3H3,(H,21,24)(H,22,25)/p+1. The predicted molar refractivity (Wildman–Crippen MR) is 101 cm³/mol. The van der Waals surface area contributed by atoms with Crippen LogP contribution in [0.25, 0.3) is 0 Å². The Labute approximate surface area is 153 Å². The van der Waals surface area contributed by atoms with Crippen LogP contribution in [0.1, 0.15) is 11.1 Å². The molecule has 0 fully saturated rings. The maximum Gasteiger partial charge on any atom is 0.279 e. The number of carbonyl (C=O) groups is 2. The first-order chi connectivity index (χ1) is 11.9. The van der Waals surface area contributed by atoms with Crippen LogP contribution in [-0.2, 0) is 9.59 Å². The molecule has 1 atom stereocenters. The van der Waals surface area contributed by atoms with Gasteiger partial charge >= 0.3 is 0 Å². The molecule has 3 N–H and O–H groups in total. The zero-order valence-corrected chi connectivity index (χ0v) is 15.4. The Morgan fingerprint density at radius 1 is 0.920 bits per heavy atom. The minimum Gasteiger partial charge on any atom is -0.322 e. The molecule has 25 heavy (non-hydrogen) atoms. The van der Waals surface area contributed by atoms with Crippen LogP contribution in [0.3, 0.4) is 0 Å². The molecule has 0 aliphatic heterocycles. The highest BCUT2D eigenvalue weighted by Gasteiger charge is 2.16. The molecule has 0 aliphatic carbocycles. The van der Waals surface area contributed by atoms with Gasteiger partial charge < -0.3 is 15.5 Å². The molecule has 0 heterocycles. The Kier molecular flexibility index (Phi) is 6.56. The van der Waals surface area contributed by atoms with Crippen LogP contribution in [-0.4, -0.2) is 32.0 Å². The lowest BCUT2D eigenvalue weighted by Crippen LogP contribution is -3.11. The largest absolute Gasteiger partial charge is 0.322 e. The van der Waals surface area contributed by atoms with Gasteiger partial charge in [-0.2, -0.15) is 0 Å². The summed E-state index contributed by atoms with van der Waals surface area (Å²) in [6.45, 7) is 4.28. The predicted octanol–water partition coefficient (Wildman–Crippen LogP) is 2.05. The molecule has 0 aromatic heterocycles. The molecule has 2 aromatic rings. The van der Waals surface area contributed by atoms with Crippen LogP contribution in [0.5, 0.6) is 0 Å². The van der Waals surface area contributed by atoms with Gasteiger partial charge in [-0.3, -0.25) is 9.59 Å². The highest BCUT2D eigenvalue weighted by atomic mass is 35.5. The van der Waals surface area contributed by atoms with E-state index < -0.39 is 0 Å². The Bertz CT molecular complexity index is 757. The fourth-order valence-electron chi connectivity index (χ4n) is 2.56. The summed E-state index contributed by atoms with van der Waals surface area (Å²) in [5.41, 5.74) is 3.44. The van der Waals surface area contributed by atoms with Crippen molar-refractivity contribution in [3.63, 3.8) is 0 Å². The molecule has 132 valence electrons. The lowest BCUT2D eigenvalue weighted by molar-refractivity contribution is -0.862. The number of nitrogens with one attached hydrogen (secondary N) is 3. The van der Waals surface area contributed by atoms with E-state index in [1.807, 2.05) is 32.0 Å². The van der Waals surface area contributed by atoms with Crippen LogP contribution in [0.4, 0.5) is 11.4 Å². The summed E-state index contributed by atoms with van der Waals surface area (Å²) in [6.07, 6.45) is 0. The highest BCUT2D eigenvalue weighted by Crippen LogP contribution is 2.20. The van der Waals surface area contributed by atoms with Crippen molar-refractivity contribution >= 4 is 34.8 Å². The third kappa shape index (κ3) is 5.59. The molecule has 2 rings (SSSR count). The fraction of sp³-hybridized carbons (Fsp3) is 0.263. The van der Waals surface area contributed by atoms with Crippen LogP contribution >= 0.6 is 11.6 Å². The second-order valence-electron chi connectivity index (χ2n) is 6.15. The number of halogens is 1. The number of hydrogen-bond donors (Lipinski definition) is 3. The number of hydrogen-bond acceptors (Lipinski definition) is 2. The van der Waals surface area contributed by atoms with E-state index in [2.05, 4.69) is 10.6 Å². The molecule has 0 spiro atoms. The van der Waals surface area contributed by atoms with Gasteiger partial charge in [-0.25, -0.2) is 0 Å². The maximum absolute atomic E-state index is 12.2. The average molecular weight is 361 g/mol. The Morgan fingerprint density at radius 2 is 1.48 bits per heavy atom. The lowest BCUT2D eigenvalue weighted by atomic mass is 10.1. The summed E-state index contributed by atoms with van der Waals surface area (Å²) in [5, 5.41) is 6.18. The molecule has 0 aliphatic rings. The Balaban J connectivity index is 1.87. The van der Waals surface area contributed by atoms with E-state index in [9.17, 15) is 9.59 Å². The number of benzene rings is 2. The van der Waals surface area contributed by atoms with Crippen molar-refractivity contribution in [3.05, 3.63) is 58.6 Å². The van der Waals surface area contributed by atoms with E-state index >= 15 is 0 Å². The number of anilines is 2. The molecule has 2 amide bonds. The number of carbonyl (C=O) groups excluding carboxylic acids is 2. The summed E-state index contributed by atoms with van der Waals surface area (Å²) in [5.74, 6) is -0.314. The number of aryl methyl sites for hydroxylation is 2. The molecule has 0 saturated heterocycles. The van der Waals surface area contributed by atoms with Crippen molar-refractivity contribution in [1.82, 2.24) is 0 Å². The third-order valence-electron chi connectivity index (χ3n) is 3.82. The quantitative estimate of drug-likeness (QED) is 0.738. The summed E-state index contributed by atoms with van der Waals surface area (Å²) in [6, 6.07) is 12.9. The second kappa shape index (κ2) is 8.65. The van der Waals surface area contributed by atoms with Crippen molar-refractivity contribution in [3.8, 4) is 0 Å². The van der Waals surface area contributed by atoms with Crippen molar-refractivity contribution < 1.29 is 14.5 Å². The second-order valence-corrected chi connectivity index (χ2v) is 6.56. The molecule has 6 heteroatoms. The van der Waals surface area contributed by atoms with Crippen LogP contribution in [0.15, 0.2) is 42.5 Å². The first kappa shape index (κ1) is 19.0. The molecule has 0 radical (unpaired) electrons. The SMILES string of the molecule is Cc1cccc(C)c1NC(=O)C[NH+](C)CC(=O)Nc1ccccc1Cl. The smallest absolute Gasteiger partial charge is 0.279 e. The third-order valence-corrected chi connectivity index (χ3v) is 4.15. The van der Waals surface area contributed by atoms with E-state index in [1.54, 1.807) is 31.3 Å². The van der Waals surface area contributed by atoms with Crippen LogP contribution < -0.4 is 15.5 Å². The van der Waals surface area contributed by atoms with Gasteiger partial charge in [-0.15, -0.1) is 0 Å². The molecule has 0 saturated carbocycles. The number of quaternary nitrogens is 1. The maximum atomic E-state index is 12.2. The lowest BCUT2D eigenvalue weighted by Gasteiger charge is -2.15. The Morgan fingerprint density at radius 3 is 2.08 bits per heavy atom. The molecule has 5 nitrogen and oxygen atoms in total. The monoisotopic (exact) mass is 360 g/mol.